The first kappa shape index (κ1) is 34.9. The molecule has 0 aromatic heterocycles. The zero-order valence-corrected chi connectivity index (χ0v) is 25.3. The zero-order valence-electron chi connectivity index (χ0n) is 24.5. The molecular formula is C32H57FO4S. The second kappa shape index (κ2) is 22.7. The quantitative estimate of drug-likeness (QED) is 0.0910. The molecule has 0 aliphatic heterocycles. The smallest absolute Gasteiger partial charge is 0.298 e. The fourth-order valence-electron chi connectivity index (χ4n) is 5.00. The summed E-state index contributed by atoms with van der Waals surface area (Å²) in [5.41, 5.74) is 0.911. The zero-order chi connectivity index (χ0) is 27.9. The highest BCUT2D eigenvalue weighted by Crippen LogP contribution is 2.28. The van der Waals surface area contributed by atoms with Crippen molar-refractivity contribution >= 4 is 10.1 Å². The maximum absolute atomic E-state index is 14.5. The van der Waals surface area contributed by atoms with Crippen molar-refractivity contribution in [1.82, 2.24) is 0 Å². The third-order valence-corrected chi connectivity index (χ3v) is 8.29. The summed E-state index contributed by atoms with van der Waals surface area (Å²) < 4.78 is 52.9. The van der Waals surface area contributed by atoms with Crippen molar-refractivity contribution in [3.8, 4) is 5.75 Å². The minimum absolute atomic E-state index is 0.0792. The van der Waals surface area contributed by atoms with Crippen LogP contribution in [0.5, 0.6) is 5.75 Å². The summed E-state index contributed by atoms with van der Waals surface area (Å²) in [4.78, 5) is -0.358. The van der Waals surface area contributed by atoms with Crippen LogP contribution in [0.15, 0.2) is 23.1 Å². The standard InChI is InChI=1S/C32H57FO4S/c1-3-5-7-9-11-12-13-14-15-16-17-18-19-20-22-24-29-26-27-31(38(34,35)36)30(28-29)37-32(33)25-23-21-10-8-6-4-2/h26-28,32H,3-25H2,1-2H3,(H,34,35,36). The van der Waals surface area contributed by atoms with Crippen LogP contribution in [0.2, 0.25) is 0 Å². The molecular weight excluding hydrogens is 499 g/mol. The normalized spacial score (nSPS) is 12.6. The third kappa shape index (κ3) is 18.2. The minimum atomic E-state index is -4.47. The predicted molar refractivity (Wildman–Crippen MR) is 158 cm³/mol. The molecule has 1 atom stereocenters. The Kier molecular flexibility index (Phi) is 20.8. The molecule has 0 aliphatic carbocycles. The molecule has 1 aromatic rings. The van der Waals surface area contributed by atoms with Crippen LogP contribution in [-0.2, 0) is 16.5 Å². The van der Waals surface area contributed by atoms with Crippen molar-refractivity contribution in [3.05, 3.63) is 23.8 Å². The summed E-state index contributed by atoms with van der Waals surface area (Å²) in [5, 5.41) is 0. The first-order chi connectivity index (χ1) is 18.4. The van der Waals surface area contributed by atoms with Gasteiger partial charge in [0.1, 0.15) is 10.6 Å². The fourth-order valence-corrected chi connectivity index (χ4v) is 5.60. The van der Waals surface area contributed by atoms with E-state index in [2.05, 4.69) is 13.8 Å². The number of aryl methyl sites for hydroxylation is 1. The predicted octanol–water partition coefficient (Wildman–Crippen LogP) is 10.8. The molecule has 0 radical (unpaired) electrons. The molecule has 38 heavy (non-hydrogen) atoms. The van der Waals surface area contributed by atoms with Crippen LogP contribution >= 0.6 is 0 Å². The van der Waals surface area contributed by atoms with Gasteiger partial charge in [-0.25, -0.2) is 4.39 Å². The average Bonchev–Trinajstić information content (AvgIpc) is 2.88. The molecule has 6 heteroatoms. The van der Waals surface area contributed by atoms with E-state index < -0.39 is 16.5 Å². The Balaban J connectivity index is 2.26. The number of unbranched alkanes of at least 4 members (excludes halogenated alkanes) is 19. The van der Waals surface area contributed by atoms with Crippen LogP contribution in [-0.4, -0.2) is 19.3 Å². The van der Waals surface area contributed by atoms with Gasteiger partial charge in [0, 0.05) is 6.42 Å². The van der Waals surface area contributed by atoms with Gasteiger partial charge < -0.3 is 4.74 Å². The highest BCUT2D eigenvalue weighted by Gasteiger charge is 2.20. The summed E-state index contributed by atoms with van der Waals surface area (Å²) in [6.45, 7) is 4.42. The molecule has 0 saturated carbocycles. The van der Waals surface area contributed by atoms with Crippen LogP contribution in [0.3, 0.4) is 0 Å². The van der Waals surface area contributed by atoms with E-state index in [1.165, 1.54) is 102 Å². The van der Waals surface area contributed by atoms with E-state index in [1.54, 1.807) is 12.1 Å². The molecule has 0 aliphatic rings. The summed E-state index contributed by atoms with van der Waals surface area (Å²) in [6, 6.07) is 4.62. The molecule has 0 fully saturated rings. The van der Waals surface area contributed by atoms with Crippen LogP contribution in [0.4, 0.5) is 4.39 Å². The molecule has 222 valence electrons. The summed E-state index contributed by atoms with van der Waals surface area (Å²) in [7, 11) is -4.47. The number of hydrogen-bond donors (Lipinski definition) is 1. The molecule has 0 amide bonds. The monoisotopic (exact) mass is 556 g/mol. The van der Waals surface area contributed by atoms with Gasteiger partial charge in [-0.05, 0) is 37.0 Å². The average molecular weight is 557 g/mol. The van der Waals surface area contributed by atoms with Crippen LogP contribution in [0.1, 0.15) is 161 Å². The van der Waals surface area contributed by atoms with E-state index in [0.717, 1.165) is 44.1 Å². The lowest BCUT2D eigenvalue weighted by atomic mass is 10.0. The van der Waals surface area contributed by atoms with Crippen molar-refractivity contribution in [2.24, 2.45) is 0 Å². The molecule has 0 saturated heterocycles. The Labute approximate surface area is 234 Å². The second-order valence-corrected chi connectivity index (χ2v) is 12.4. The van der Waals surface area contributed by atoms with E-state index >= 15 is 0 Å². The summed E-state index contributed by atoms with van der Waals surface area (Å²) in [5.74, 6) is -0.0792. The minimum Gasteiger partial charge on any atom is -0.459 e. The van der Waals surface area contributed by atoms with E-state index in [-0.39, 0.29) is 17.1 Å². The molecule has 0 spiro atoms. The van der Waals surface area contributed by atoms with Gasteiger partial charge in [-0.15, -0.1) is 0 Å². The number of rotatable bonds is 26. The highest BCUT2D eigenvalue weighted by molar-refractivity contribution is 7.86. The third-order valence-electron chi connectivity index (χ3n) is 7.39. The van der Waals surface area contributed by atoms with Gasteiger partial charge in [-0.3, -0.25) is 4.55 Å². The Morgan fingerprint density at radius 1 is 0.684 bits per heavy atom. The van der Waals surface area contributed by atoms with Gasteiger partial charge in [0.15, 0.2) is 0 Å². The van der Waals surface area contributed by atoms with Gasteiger partial charge >= 0.3 is 0 Å². The van der Waals surface area contributed by atoms with Crippen LogP contribution in [0, 0.1) is 0 Å². The molecule has 1 aromatic carbocycles. The lowest BCUT2D eigenvalue weighted by Crippen LogP contribution is -2.13. The highest BCUT2D eigenvalue weighted by atomic mass is 32.2. The first-order valence-electron chi connectivity index (χ1n) is 15.8. The molecule has 4 nitrogen and oxygen atoms in total. The molecule has 1 N–H and O–H groups in total. The van der Waals surface area contributed by atoms with Gasteiger partial charge in [0.05, 0.1) is 0 Å². The number of benzene rings is 1. The molecule has 0 heterocycles. The van der Waals surface area contributed by atoms with Crippen molar-refractivity contribution in [2.45, 2.75) is 173 Å². The maximum Gasteiger partial charge on any atom is 0.298 e. The van der Waals surface area contributed by atoms with E-state index in [0.29, 0.717) is 6.42 Å². The SMILES string of the molecule is CCCCCCCCCCCCCCCCCc1ccc(S(=O)(=O)O)c(OC(F)CCCCCCCC)c1. The van der Waals surface area contributed by atoms with Crippen molar-refractivity contribution in [2.75, 3.05) is 0 Å². The van der Waals surface area contributed by atoms with Crippen molar-refractivity contribution < 1.29 is 22.1 Å². The van der Waals surface area contributed by atoms with Gasteiger partial charge in [0.2, 0.25) is 6.36 Å². The van der Waals surface area contributed by atoms with Crippen molar-refractivity contribution in [3.63, 3.8) is 0 Å². The van der Waals surface area contributed by atoms with Crippen LogP contribution < -0.4 is 4.74 Å². The largest absolute Gasteiger partial charge is 0.459 e. The topological polar surface area (TPSA) is 63.6 Å². The number of alkyl halides is 1. The van der Waals surface area contributed by atoms with E-state index in [1.807, 2.05) is 0 Å². The lowest BCUT2D eigenvalue weighted by Gasteiger charge is -2.15. The molecule has 0 bridgehead atoms. The second-order valence-electron chi connectivity index (χ2n) is 11.0. The lowest BCUT2D eigenvalue weighted by molar-refractivity contribution is 0.0538. The number of hydrogen-bond acceptors (Lipinski definition) is 3. The molecule has 1 rings (SSSR count). The number of halogens is 1. The van der Waals surface area contributed by atoms with Crippen LogP contribution in [0.25, 0.3) is 0 Å². The maximum atomic E-state index is 14.5. The van der Waals surface area contributed by atoms with Gasteiger partial charge in [-0.2, -0.15) is 8.42 Å². The molecule has 1 unspecified atom stereocenters. The van der Waals surface area contributed by atoms with Crippen molar-refractivity contribution in [1.29, 1.82) is 0 Å². The van der Waals surface area contributed by atoms with E-state index in [4.69, 9.17) is 4.74 Å². The summed E-state index contributed by atoms with van der Waals surface area (Å²) >= 11 is 0. The Bertz CT molecular complexity index is 797. The Morgan fingerprint density at radius 3 is 1.55 bits per heavy atom. The first-order valence-corrected chi connectivity index (χ1v) is 17.2. The fraction of sp³-hybridized carbons (Fsp3) is 0.812. The van der Waals surface area contributed by atoms with Gasteiger partial charge in [-0.1, -0.05) is 142 Å². The Hall–Kier alpha value is -1.14. The van der Waals surface area contributed by atoms with E-state index in [9.17, 15) is 17.4 Å². The van der Waals surface area contributed by atoms with Gasteiger partial charge in [0.25, 0.3) is 10.1 Å². The number of ether oxygens (including phenoxy) is 1. The summed E-state index contributed by atoms with van der Waals surface area (Å²) in [6.07, 6.45) is 25.3. The Morgan fingerprint density at radius 2 is 1.11 bits per heavy atom.